The number of esters is 1. The van der Waals surface area contributed by atoms with Crippen LogP contribution in [0.5, 0.6) is 5.75 Å². The lowest BCUT2D eigenvalue weighted by atomic mass is 9.87. The van der Waals surface area contributed by atoms with Gasteiger partial charge in [0.25, 0.3) is 5.91 Å². The van der Waals surface area contributed by atoms with E-state index in [1.54, 1.807) is 24.3 Å². The summed E-state index contributed by atoms with van der Waals surface area (Å²) in [5, 5.41) is 3.26. The molecule has 0 radical (unpaired) electrons. The highest BCUT2D eigenvalue weighted by Crippen LogP contribution is 2.24. The van der Waals surface area contributed by atoms with E-state index in [4.69, 9.17) is 9.15 Å². The van der Waals surface area contributed by atoms with Gasteiger partial charge in [0.05, 0.1) is 5.56 Å². The van der Waals surface area contributed by atoms with E-state index in [2.05, 4.69) is 26.1 Å². The average Bonchev–Trinajstić information content (AvgIpc) is 2.70. The van der Waals surface area contributed by atoms with E-state index < -0.39 is 17.5 Å². The van der Waals surface area contributed by atoms with E-state index in [9.17, 15) is 14.4 Å². The molecular formula is C25H27NO5. The molecule has 6 nitrogen and oxygen atoms in total. The smallest absolute Gasteiger partial charge is 0.349 e. The van der Waals surface area contributed by atoms with E-state index in [1.807, 2.05) is 26.0 Å². The van der Waals surface area contributed by atoms with Crippen LogP contribution in [-0.2, 0) is 5.41 Å². The zero-order valence-corrected chi connectivity index (χ0v) is 18.4. The van der Waals surface area contributed by atoms with Crippen LogP contribution in [-0.4, -0.2) is 18.4 Å². The van der Waals surface area contributed by atoms with Gasteiger partial charge in [0, 0.05) is 18.0 Å². The lowest BCUT2D eigenvalue weighted by molar-refractivity contribution is 0.0734. The Balaban J connectivity index is 1.79. The van der Waals surface area contributed by atoms with Crippen molar-refractivity contribution in [2.45, 2.75) is 40.0 Å². The normalized spacial score (nSPS) is 11.5. The molecule has 162 valence electrons. The Labute approximate surface area is 181 Å². The van der Waals surface area contributed by atoms with Crippen LogP contribution in [0.25, 0.3) is 11.0 Å². The predicted octanol–water partition coefficient (Wildman–Crippen LogP) is 4.70. The lowest BCUT2D eigenvalue weighted by Crippen LogP contribution is -2.31. The first-order valence-electron chi connectivity index (χ1n) is 10.2. The Bertz CT molecular complexity index is 1170. The molecule has 0 aliphatic heterocycles. The van der Waals surface area contributed by atoms with Crippen molar-refractivity contribution in [1.29, 1.82) is 0 Å². The molecule has 0 aliphatic rings. The number of amides is 1. The van der Waals surface area contributed by atoms with Crippen LogP contribution in [0, 0.1) is 5.92 Å². The maximum atomic E-state index is 12.5. The molecule has 0 fully saturated rings. The monoisotopic (exact) mass is 421 g/mol. The summed E-state index contributed by atoms with van der Waals surface area (Å²) in [6.45, 7) is 10.7. The Morgan fingerprint density at radius 2 is 1.71 bits per heavy atom. The van der Waals surface area contributed by atoms with Crippen LogP contribution >= 0.6 is 0 Å². The highest BCUT2D eigenvalue weighted by Gasteiger charge is 2.17. The Hall–Kier alpha value is -3.41. The minimum absolute atomic E-state index is 0.0110. The molecule has 1 N–H and O–H groups in total. The fourth-order valence-corrected chi connectivity index (χ4v) is 2.98. The van der Waals surface area contributed by atoms with Gasteiger partial charge in [0.2, 0.25) is 0 Å². The van der Waals surface area contributed by atoms with Crippen LogP contribution in [0.2, 0.25) is 0 Å². The maximum absolute atomic E-state index is 12.5. The summed E-state index contributed by atoms with van der Waals surface area (Å²) >= 11 is 0. The molecule has 6 heteroatoms. The Kier molecular flexibility index (Phi) is 6.29. The number of ether oxygens (including phenoxy) is 1. The summed E-state index contributed by atoms with van der Waals surface area (Å²) in [6, 6.07) is 13.5. The topological polar surface area (TPSA) is 85.6 Å². The molecule has 3 rings (SSSR count). The quantitative estimate of drug-likeness (QED) is 0.367. The first-order valence-corrected chi connectivity index (χ1v) is 10.2. The van der Waals surface area contributed by atoms with Crippen molar-refractivity contribution in [3.05, 3.63) is 75.6 Å². The molecule has 1 aromatic heterocycles. The second-order valence-electron chi connectivity index (χ2n) is 8.97. The molecule has 0 saturated heterocycles. The maximum Gasteiger partial charge on any atom is 0.349 e. The summed E-state index contributed by atoms with van der Waals surface area (Å²) in [5.74, 6) is -0.471. The number of benzene rings is 2. The van der Waals surface area contributed by atoms with Crippen molar-refractivity contribution in [2.75, 3.05) is 6.54 Å². The number of carbonyl (C=O) groups is 2. The van der Waals surface area contributed by atoms with Crippen molar-refractivity contribution >= 4 is 22.8 Å². The summed E-state index contributed by atoms with van der Waals surface area (Å²) in [6.07, 6.45) is 0. The van der Waals surface area contributed by atoms with Gasteiger partial charge < -0.3 is 14.5 Å². The second kappa shape index (κ2) is 8.76. The van der Waals surface area contributed by atoms with Crippen molar-refractivity contribution < 1.29 is 18.7 Å². The van der Waals surface area contributed by atoms with Crippen LogP contribution < -0.4 is 15.7 Å². The lowest BCUT2D eigenvalue weighted by Gasteiger charge is -2.18. The molecule has 3 aromatic rings. The summed E-state index contributed by atoms with van der Waals surface area (Å²) in [4.78, 5) is 37.0. The van der Waals surface area contributed by atoms with E-state index in [0.717, 1.165) is 5.56 Å². The van der Waals surface area contributed by atoms with Gasteiger partial charge in [0.15, 0.2) is 0 Å². The van der Waals surface area contributed by atoms with Gasteiger partial charge in [-0.25, -0.2) is 9.59 Å². The van der Waals surface area contributed by atoms with E-state index in [1.165, 1.54) is 12.1 Å². The molecule has 1 heterocycles. The van der Waals surface area contributed by atoms with E-state index in [-0.39, 0.29) is 28.2 Å². The number of rotatable bonds is 5. The van der Waals surface area contributed by atoms with Gasteiger partial charge in [-0.1, -0.05) is 46.8 Å². The number of hydrogen-bond donors (Lipinski definition) is 1. The van der Waals surface area contributed by atoms with Gasteiger partial charge in [-0.3, -0.25) is 4.79 Å². The second-order valence-corrected chi connectivity index (χ2v) is 8.97. The Morgan fingerprint density at radius 3 is 2.32 bits per heavy atom. The van der Waals surface area contributed by atoms with Crippen LogP contribution in [0.1, 0.15) is 60.9 Å². The largest absolute Gasteiger partial charge is 0.423 e. The summed E-state index contributed by atoms with van der Waals surface area (Å²) in [5.41, 5.74) is 0.963. The molecule has 1 amide bonds. The standard InChI is InChI=1S/C25H27NO5/c1-15(2)14-26-22(27)20-12-17-8-11-19(13-21(17)31-24(20)29)30-23(28)16-6-9-18(10-7-16)25(3,4)5/h6-13,15H,14H2,1-5H3,(H,26,27). The number of fused-ring (bicyclic) bond motifs is 1. The zero-order chi connectivity index (χ0) is 22.8. The molecule has 0 saturated carbocycles. The molecule has 2 aromatic carbocycles. The van der Waals surface area contributed by atoms with Crippen molar-refractivity contribution in [2.24, 2.45) is 5.92 Å². The zero-order valence-electron chi connectivity index (χ0n) is 18.4. The van der Waals surface area contributed by atoms with E-state index >= 15 is 0 Å². The van der Waals surface area contributed by atoms with Gasteiger partial charge in [0.1, 0.15) is 16.9 Å². The van der Waals surface area contributed by atoms with Crippen LogP contribution in [0.3, 0.4) is 0 Å². The molecule has 0 unspecified atom stereocenters. The number of carbonyl (C=O) groups excluding carboxylic acids is 2. The van der Waals surface area contributed by atoms with Gasteiger partial charge >= 0.3 is 11.6 Å². The molecule has 31 heavy (non-hydrogen) atoms. The highest BCUT2D eigenvalue weighted by molar-refractivity contribution is 5.97. The minimum atomic E-state index is -0.741. The first kappa shape index (κ1) is 22.3. The average molecular weight is 421 g/mol. The Morgan fingerprint density at radius 1 is 1.03 bits per heavy atom. The SMILES string of the molecule is CC(C)CNC(=O)c1cc2ccc(OC(=O)c3ccc(C(C)(C)C)cc3)cc2oc1=O. The van der Waals surface area contributed by atoms with Gasteiger partial charge in [-0.2, -0.15) is 0 Å². The molecule has 0 bridgehead atoms. The third-order valence-corrected chi connectivity index (χ3v) is 4.82. The third-order valence-electron chi connectivity index (χ3n) is 4.82. The third kappa shape index (κ3) is 5.40. The fraction of sp³-hybridized carbons (Fsp3) is 0.320. The molecule has 0 spiro atoms. The fourth-order valence-electron chi connectivity index (χ4n) is 2.98. The number of nitrogens with one attached hydrogen (secondary N) is 1. The molecular weight excluding hydrogens is 394 g/mol. The summed E-state index contributed by atoms with van der Waals surface area (Å²) < 4.78 is 10.7. The van der Waals surface area contributed by atoms with Gasteiger partial charge in [-0.05, 0) is 47.2 Å². The van der Waals surface area contributed by atoms with Crippen molar-refractivity contribution in [1.82, 2.24) is 5.32 Å². The van der Waals surface area contributed by atoms with Crippen molar-refractivity contribution in [3.8, 4) is 5.75 Å². The van der Waals surface area contributed by atoms with Crippen LogP contribution in [0.4, 0.5) is 0 Å². The highest BCUT2D eigenvalue weighted by atomic mass is 16.5. The molecule has 0 aliphatic carbocycles. The molecule has 0 atom stereocenters. The van der Waals surface area contributed by atoms with Gasteiger partial charge in [-0.15, -0.1) is 0 Å². The van der Waals surface area contributed by atoms with Crippen LogP contribution in [0.15, 0.2) is 57.7 Å². The van der Waals surface area contributed by atoms with E-state index in [0.29, 0.717) is 17.5 Å². The predicted molar refractivity (Wildman–Crippen MR) is 120 cm³/mol. The number of hydrogen-bond acceptors (Lipinski definition) is 5. The summed E-state index contributed by atoms with van der Waals surface area (Å²) in [7, 11) is 0. The minimum Gasteiger partial charge on any atom is -0.423 e. The first-order chi connectivity index (χ1) is 14.5. The van der Waals surface area contributed by atoms with Crippen molar-refractivity contribution in [3.63, 3.8) is 0 Å².